The first-order valence-corrected chi connectivity index (χ1v) is 9.93. The van der Waals surface area contributed by atoms with E-state index in [1.54, 1.807) is 28.8 Å². The molecule has 9 heteroatoms. The zero-order valence-electron chi connectivity index (χ0n) is 15.5. The maximum Gasteiger partial charge on any atom is 0.340 e. The number of aromatic nitrogens is 1. The van der Waals surface area contributed by atoms with E-state index in [1.807, 2.05) is 6.07 Å². The highest BCUT2D eigenvalue weighted by Gasteiger charge is 2.65. The third kappa shape index (κ3) is 2.21. The second-order valence-electron chi connectivity index (χ2n) is 7.04. The SMILES string of the molecule is COC(=O)c1cn2c(c1C(=O)OC)[C@@H]1S[C@H]2[C@H]2C(=O)N(c3ccccc3)C(=O)[C@H]21. The third-order valence-corrected chi connectivity index (χ3v) is 7.35. The molecule has 2 fully saturated rings. The van der Waals surface area contributed by atoms with Crippen LogP contribution in [0.25, 0.3) is 0 Å². The van der Waals surface area contributed by atoms with Crippen LogP contribution >= 0.6 is 11.8 Å². The summed E-state index contributed by atoms with van der Waals surface area (Å²) in [5.41, 5.74) is 1.28. The number of anilines is 1. The topological polar surface area (TPSA) is 94.9 Å². The third-order valence-electron chi connectivity index (χ3n) is 5.74. The van der Waals surface area contributed by atoms with Gasteiger partial charge in [0.05, 0.1) is 53.5 Å². The zero-order valence-corrected chi connectivity index (χ0v) is 16.3. The summed E-state index contributed by atoms with van der Waals surface area (Å²) in [4.78, 5) is 52.3. The zero-order chi connectivity index (χ0) is 20.4. The summed E-state index contributed by atoms with van der Waals surface area (Å²) in [6, 6.07) is 8.81. The lowest BCUT2D eigenvalue weighted by Crippen LogP contribution is -2.32. The van der Waals surface area contributed by atoms with E-state index in [4.69, 9.17) is 9.47 Å². The van der Waals surface area contributed by atoms with Crippen molar-refractivity contribution in [2.45, 2.75) is 10.6 Å². The molecule has 5 rings (SSSR count). The highest BCUT2D eigenvalue weighted by atomic mass is 32.2. The molecule has 0 saturated carbocycles. The lowest BCUT2D eigenvalue weighted by atomic mass is 9.86. The number of carbonyl (C=O) groups is 4. The summed E-state index contributed by atoms with van der Waals surface area (Å²) >= 11 is 1.47. The van der Waals surface area contributed by atoms with E-state index in [2.05, 4.69) is 0 Å². The number of rotatable bonds is 3. The molecular weight excluding hydrogens is 396 g/mol. The van der Waals surface area contributed by atoms with Crippen LogP contribution in [0.15, 0.2) is 36.5 Å². The summed E-state index contributed by atoms with van der Waals surface area (Å²) < 4.78 is 11.4. The highest BCUT2D eigenvalue weighted by molar-refractivity contribution is 8.00. The van der Waals surface area contributed by atoms with Gasteiger partial charge in [-0.25, -0.2) is 14.5 Å². The fraction of sp³-hybridized carbons (Fsp3) is 0.300. The molecule has 1 aromatic carbocycles. The van der Waals surface area contributed by atoms with Crippen LogP contribution in [0.4, 0.5) is 5.69 Å². The van der Waals surface area contributed by atoms with Gasteiger partial charge in [0.2, 0.25) is 11.8 Å². The van der Waals surface area contributed by atoms with Crippen LogP contribution in [0.1, 0.15) is 37.0 Å². The van der Waals surface area contributed by atoms with Gasteiger partial charge in [0.15, 0.2) is 0 Å². The van der Waals surface area contributed by atoms with Gasteiger partial charge < -0.3 is 14.0 Å². The first kappa shape index (κ1) is 18.0. The molecule has 4 atom stereocenters. The number of hydrogen-bond acceptors (Lipinski definition) is 7. The Morgan fingerprint density at radius 1 is 0.966 bits per heavy atom. The first-order chi connectivity index (χ1) is 14.0. The molecule has 2 aromatic rings. The molecule has 0 spiro atoms. The van der Waals surface area contributed by atoms with Crippen molar-refractivity contribution < 1.29 is 28.7 Å². The van der Waals surface area contributed by atoms with Gasteiger partial charge in [-0.2, -0.15) is 0 Å². The Morgan fingerprint density at radius 3 is 2.28 bits per heavy atom. The number of amides is 2. The van der Waals surface area contributed by atoms with E-state index < -0.39 is 29.0 Å². The minimum absolute atomic E-state index is 0.0874. The minimum Gasteiger partial charge on any atom is -0.465 e. The molecule has 1 aromatic heterocycles. The Labute approximate surface area is 169 Å². The fourth-order valence-electron chi connectivity index (χ4n) is 4.58. The number of benzene rings is 1. The van der Waals surface area contributed by atoms with Crippen LogP contribution in [0.3, 0.4) is 0 Å². The predicted octanol–water partition coefficient (Wildman–Crippen LogP) is 2.17. The lowest BCUT2D eigenvalue weighted by Gasteiger charge is -2.22. The number of thioether (sulfide) groups is 1. The van der Waals surface area contributed by atoms with Gasteiger partial charge in [-0.1, -0.05) is 18.2 Å². The average Bonchev–Trinajstić information content (AvgIpc) is 3.46. The van der Waals surface area contributed by atoms with Crippen LogP contribution in [0.2, 0.25) is 0 Å². The van der Waals surface area contributed by atoms with Crippen molar-refractivity contribution in [3.05, 3.63) is 53.3 Å². The van der Waals surface area contributed by atoms with Gasteiger partial charge in [0.25, 0.3) is 0 Å². The molecule has 2 saturated heterocycles. The second kappa shape index (κ2) is 6.21. The Hall–Kier alpha value is -3.07. The monoisotopic (exact) mass is 412 g/mol. The molecule has 4 heterocycles. The summed E-state index contributed by atoms with van der Waals surface area (Å²) in [7, 11) is 2.47. The Kier molecular flexibility index (Phi) is 3.86. The van der Waals surface area contributed by atoms with Crippen molar-refractivity contribution in [1.29, 1.82) is 0 Å². The van der Waals surface area contributed by atoms with Crippen LogP contribution in [0, 0.1) is 11.8 Å². The van der Waals surface area contributed by atoms with E-state index in [0.717, 1.165) is 0 Å². The van der Waals surface area contributed by atoms with Gasteiger partial charge in [-0.3, -0.25) is 9.59 Å². The number of fused-ring (bicyclic) bond motifs is 8. The van der Waals surface area contributed by atoms with E-state index in [9.17, 15) is 19.2 Å². The number of esters is 2. The maximum atomic E-state index is 13.2. The molecule has 0 radical (unpaired) electrons. The molecule has 148 valence electrons. The van der Waals surface area contributed by atoms with Gasteiger partial charge in [0.1, 0.15) is 0 Å². The largest absolute Gasteiger partial charge is 0.465 e. The van der Waals surface area contributed by atoms with Gasteiger partial charge in [-0.15, -0.1) is 11.8 Å². The summed E-state index contributed by atoms with van der Waals surface area (Å²) in [6.45, 7) is 0. The van der Waals surface area contributed by atoms with E-state index in [-0.39, 0.29) is 28.3 Å². The minimum atomic E-state index is -0.666. The Morgan fingerprint density at radius 2 is 1.62 bits per heavy atom. The molecule has 0 unspecified atom stereocenters. The number of methoxy groups -OCH3 is 2. The molecule has 2 bridgehead atoms. The number of ether oxygens (including phenoxy) is 2. The summed E-state index contributed by atoms with van der Waals surface area (Å²) in [6.07, 6.45) is 1.53. The van der Waals surface area contributed by atoms with E-state index in [0.29, 0.717) is 11.4 Å². The molecule has 2 amide bonds. The maximum absolute atomic E-state index is 13.2. The first-order valence-electron chi connectivity index (χ1n) is 8.99. The van der Waals surface area contributed by atoms with Crippen LogP contribution in [-0.2, 0) is 19.1 Å². The average molecular weight is 412 g/mol. The van der Waals surface area contributed by atoms with Crippen molar-refractivity contribution in [2.75, 3.05) is 19.1 Å². The van der Waals surface area contributed by atoms with Gasteiger partial charge in [0, 0.05) is 11.9 Å². The number of carbonyl (C=O) groups excluding carboxylic acids is 4. The van der Waals surface area contributed by atoms with Crippen molar-refractivity contribution in [1.82, 2.24) is 4.57 Å². The highest BCUT2D eigenvalue weighted by Crippen LogP contribution is 2.67. The molecule has 3 aliphatic rings. The standard InChI is InChI=1S/C20H16N2O6S/c1-27-19(25)10-8-21-14(11(10)20(26)28-2)15-12-13(18(21)29-15)17(24)22(16(12)23)9-6-4-3-5-7-9/h3-8,12-13,15,18H,1-2H3/t12-,13-,15-,18+/m1/s1. The molecule has 3 aliphatic heterocycles. The van der Waals surface area contributed by atoms with Crippen molar-refractivity contribution in [3.63, 3.8) is 0 Å². The number of imide groups is 1. The van der Waals surface area contributed by atoms with Crippen LogP contribution in [-0.4, -0.2) is 42.5 Å². The van der Waals surface area contributed by atoms with Gasteiger partial charge >= 0.3 is 11.9 Å². The van der Waals surface area contributed by atoms with Crippen LogP contribution in [0.5, 0.6) is 0 Å². The fourth-order valence-corrected chi connectivity index (χ4v) is 6.46. The van der Waals surface area contributed by atoms with Crippen molar-refractivity contribution >= 4 is 41.2 Å². The van der Waals surface area contributed by atoms with Gasteiger partial charge in [-0.05, 0) is 12.1 Å². The summed E-state index contributed by atoms with van der Waals surface area (Å²) in [5, 5.41) is -0.783. The van der Waals surface area contributed by atoms with E-state index in [1.165, 1.54) is 37.1 Å². The molecular formula is C20H16N2O6S. The summed E-state index contributed by atoms with van der Waals surface area (Å²) in [5.74, 6) is -3.01. The molecule has 8 nitrogen and oxygen atoms in total. The number of hydrogen-bond donors (Lipinski definition) is 0. The normalized spacial score (nSPS) is 26.5. The van der Waals surface area contributed by atoms with Crippen molar-refractivity contribution in [2.24, 2.45) is 11.8 Å². The predicted molar refractivity (Wildman–Crippen MR) is 102 cm³/mol. The van der Waals surface area contributed by atoms with Crippen LogP contribution < -0.4 is 4.90 Å². The molecule has 29 heavy (non-hydrogen) atoms. The Balaban J connectivity index is 1.62. The molecule has 0 aliphatic carbocycles. The van der Waals surface area contributed by atoms with Crippen molar-refractivity contribution in [3.8, 4) is 0 Å². The smallest absolute Gasteiger partial charge is 0.340 e. The second-order valence-corrected chi connectivity index (χ2v) is 8.30. The quantitative estimate of drug-likeness (QED) is 0.563. The Bertz CT molecular complexity index is 1080. The number of para-hydroxylation sites is 1. The molecule has 0 N–H and O–H groups in total. The number of nitrogens with zero attached hydrogens (tertiary/aromatic N) is 2. The lowest BCUT2D eigenvalue weighted by molar-refractivity contribution is -0.122. The van der Waals surface area contributed by atoms with E-state index >= 15 is 0 Å².